The fourth-order valence-corrected chi connectivity index (χ4v) is 3.75. The molecule has 0 fully saturated rings. The average Bonchev–Trinajstić information content (AvgIpc) is 3.33. The molecule has 1 aromatic heterocycles. The smallest absolute Gasteiger partial charge is 0.251 e. The van der Waals surface area contributed by atoms with Crippen molar-refractivity contribution in [2.75, 3.05) is 18.5 Å². The number of nitrogens with one attached hydrogen (secondary N) is 1. The second kappa shape index (κ2) is 10.7. The summed E-state index contributed by atoms with van der Waals surface area (Å²) in [7, 11) is 0. The monoisotopic (exact) mass is 464 g/mol. The van der Waals surface area contributed by atoms with Crippen molar-refractivity contribution in [3.63, 3.8) is 0 Å². The molecule has 1 aliphatic rings. The molecule has 31 heavy (non-hydrogen) atoms. The van der Waals surface area contributed by atoms with Crippen LogP contribution in [-0.4, -0.2) is 61.1 Å². The Hall–Kier alpha value is -2.46. The maximum absolute atomic E-state index is 12.7. The average molecular weight is 465 g/mol. The van der Waals surface area contributed by atoms with Crippen LogP contribution in [0.1, 0.15) is 19.8 Å². The number of aliphatic hydroxyl groups excluding tert-OH is 2. The van der Waals surface area contributed by atoms with Gasteiger partial charge < -0.3 is 25.2 Å². The van der Waals surface area contributed by atoms with Gasteiger partial charge in [-0.3, -0.25) is 9.48 Å². The van der Waals surface area contributed by atoms with Crippen LogP contribution in [0.25, 0.3) is 0 Å². The number of halogens is 1. The van der Waals surface area contributed by atoms with Crippen LogP contribution in [0.3, 0.4) is 0 Å². The molecule has 0 aliphatic carbocycles. The fraction of sp³-hybridized carbons (Fsp3) is 0.381. The Labute approximate surface area is 191 Å². The number of rotatable bonds is 10. The molecule has 2 atom stereocenters. The van der Waals surface area contributed by atoms with E-state index in [1.54, 1.807) is 29.3 Å². The molecule has 2 aromatic rings. The lowest BCUT2D eigenvalue weighted by atomic mass is 10.1. The number of thiocarbonyl (C=S) groups is 1. The molecular formula is C21H25ClN4O4S. The molecule has 10 heteroatoms. The first-order valence-electron chi connectivity index (χ1n) is 9.98. The lowest BCUT2D eigenvalue weighted by Crippen LogP contribution is -2.44. The number of hydrogen-bond acceptors (Lipinski definition) is 6. The lowest BCUT2D eigenvalue weighted by Gasteiger charge is -2.28. The molecular weight excluding hydrogens is 440 g/mol. The SMILES string of the molecule is CCC[C@@H](C(=S)Nc1ccn(C[C@@H](O)CO)n1)N1CC(Oc2ccccc2Cl)=CC1=O. The molecule has 0 unspecified atom stereocenters. The van der Waals surface area contributed by atoms with E-state index in [4.69, 9.17) is 33.7 Å². The normalized spacial score (nSPS) is 15.5. The number of anilines is 1. The number of para-hydroxylation sites is 1. The topological polar surface area (TPSA) is 99.8 Å². The Kier molecular flexibility index (Phi) is 8.03. The Bertz CT molecular complexity index is 964. The van der Waals surface area contributed by atoms with Crippen molar-refractivity contribution in [3.05, 3.63) is 53.4 Å². The maximum atomic E-state index is 12.7. The summed E-state index contributed by atoms with van der Waals surface area (Å²) in [4.78, 5) is 14.8. The maximum Gasteiger partial charge on any atom is 0.251 e. The molecule has 1 aromatic carbocycles. The second-order valence-electron chi connectivity index (χ2n) is 7.16. The van der Waals surface area contributed by atoms with E-state index >= 15 is 0 Å². The minimum Gasteiger partial charge on any atom is -0.458 e. The minimum atomic E-state index is -0.891. The van der Waals surface area contributed by atoms with Crippen LogP contribution < -0.4 is 10.1 Å². The summed E-state index contributed by atoms with van der Waals surface area (Å²) in [5.74, 6) is 1.32. The van der Waals surface area contributed by atoms with Crippen molar-refractivity contribution in [3.8, 4) is 5.75 Å². The number of carbonyl (C=O) groups is 1. The van der Waals surface area contributed by atoms with E-state index in [0.29, 0.717) is 33.8 Å². The Balaban J connectivity index is 1.65. The number of hydrogen-bond donors (Lipinski definition) is 3. The molecule has 2 heterocycles. The zero-order chi connectivity index (χ0) is 22.4. The van der Waals surface area contributed by atoms with Gasteiger partial charge in [-0.2, -0.15) is 5.10 Å². The van der Waals surface area contributed by atoms with Crippen LogP contribution >= 0.6 is 23.8 Å². The third-order valence-electron chi connectivity index (χ3n) is 4.71. The van der Waals surface area contributed by atoms with Gasteiger partial charge in [0.05, 0.1) is 36.9 Å². The van der Waals surface area contributed by atoms with E-state index in [0.717, 1.165) is 6.42 Å². The van der Waals surface area contributed by atoms with Crippen LogP contribution in [0.4, 0.5) is 5.82 Å². The predicted octanol–water partition coefficient (Wildman–Crippen LogP) is 2.60. The highest BCUT2D eigenvalue weighted by atomic mass is 35.5. The van der Waals surface area contributed by atoms with Gasteiger partial charge in [0.25, 0.3) is 5.91 Å². The number of carbonyl (C=O) groups excluding carboxylic acids is 1. The number of benzene rings is 1. The highest BCUT2D eigenvalue weighted by molar-refractivity contribution is 7.80. The molecule has 3 rings (SSSR count). The van der Waals surface area contributed by atoms with Crippen LogP contribution in [0.2, 0.25) is 5.02 Å². The Morgan fingerprint density at radius 2 is 2.16 bits per heavy atom. The summed E-state index contributed by atoms with van der Waals surface area (Å²) in [5.41, 5.74) is 0. The molecule has 0 radical (unpaired) electrons. The molecule has 166 valence electrons. The zero-order valence-electron chi connectivity index (χ0n) is 17.1. The molecule has 1 aliphatic heterocycles. The molecule has 0 bridgehead atoms. The van der Waals surface area contributed by atoms with Gasteiger partial charge >= 0.3 is 0 Å². The number of nitrogens with zero attached hydrogens (tertiary/aromatic N) is 3. The minimum absolute atomic E-state index is 0.167. The molecule has 0 saturated heterocycles. The van der Waals surface area contributed by atoms with Crippen LogP contribution in [0.15, 0.2) is 48.4 Å². The van der Waals surface area contributed by atoms with Crippen LogP contribution in [0, 0.1) is 0 Å². The largest absolute Gasteiger partial charge is 0.458 e. The molecule has 1 amide bonds. The van der Waals surface area contributed by atoms with Crippen molar-refractivity contribution >= 4 is 40.5 Å². The summed E-state index contributed by atoms with van der Waals surface area (Å²) >= 11 is 11.7. The van der Waals surface area contributed by atoms with Crippen molar-refractivity contribution in [2.45, 2.75) is 38.5 Å². The fourth-order valence-electron chi connectivity index (χ4n) is 3.22. The third kappa shape index (κ3) is 6.04. The second-order valence-corrected chi connectivity index (χ2v) is 8.01. The van der Waals surface area contributed by atoms with Crippen LogP contribution in [0.5, 0.6) is 5.75 Å². The van der Waals surface area contributed by atoms with Gasteiger partial charge in [0.15, 0.2) is 5.82 Å². The highest BCUT2D eigenvalue weighted by Gasteiger charge is 2.32. The summed E-state index contributed by atoms with van der Waals surface area (Å²) in [6, 6.07) is 8.48. The Morgan fingerprint density at radius 1 is 1.39 bits per heavy atom. The van der Waals surface area contributed by atoms with E-state index in [2.05, 4.69) is 10.4 Å². The van der Waals surface area contributed by atoms with E-state index < -0.39 is 6.10 Å². The summed E-state index contributed by atoms with van der Waals surface area (Å²) in [6.07, 6.45) is 3.75. The summed E-state index contributed by atoms with van der Waals surface area (Å²) in [6.45, 7) is 2.13. The van der Waals surface area contributed by atoms with E-state index in [1.807, 2.05) is 19.1 Å². The molecule has 8 nitrogen and oxygen atoms in total. The van der Waals surface area contributed by atoms with Gasteiger partial charge in [-0.25, -0.2) is 0 Å². The van der Waals surface area contributed by atoms with E-state index in [1.165, 1.54) is 10.8 Å². The predicted molar refractivity (Wildman–Crippen MR) is 122 cm³/mol. The number of aliphatic hydroxyl groups is 2. The van der Waals surface area contributed by atoms with Crippen molar-refractivity contribution in [1.29, 1.82) is 0 Å². The summed E-state index contributed by atoms with van der Waals surface area (Å²) in [5, 5.41) is 26.4. The first kappa shape index (κ1) is 23.2. The van der Waals surface area contributed by atoms with Gasteiger partial charge in [-0.1, -0.05) is 49.3 Å². The van der Waals surface area contributed by atoms with Crippen molar-refractivity contribution < 1.29 is 19.7 Å². The molecule has 3 N–H and O–H groups in total. The van der Waals surface area contributed by atoms with E-state index in [9.17, 15) is 9.90 Å². The Morgan fingerprint density at radius 3 is 2.87 bits per heavy atom. The van der Waals surface area contributed by atoms with Crippen molar-refractivity contribution in [1.82, 2.24) is 14.7 Å². The van der Waals surface area contributed by atoms with Gasteiger partial charge in [0.2, 0.25) is 0 Å². The van der Waals surface area contributed by atoms with Crippen molar-refractivity contribution in [2.24, 2.45) is 0 Å². The van der Waals surface area contributed by atoms with Gasteiger partial charge in [0, 0.05) is 18.3 Å². The van der Waals surface area contributed by atoms with E-state index in [-0.39, 0.29) is 31.6 Å². The third-order valence-corrected chi connectivity index (χ3v) is 5.40. The quantitative estimate of drug-likeness (QED) is 0.465. The number of aromatic nitrogens is 2. The van der Waals surface area contributed by atoms with Crippen LogP contribution in [-0.2, 0) is 11.3 Å². The zero-order valence-corrected chi connectivity index (χ0v) is 18.6. The first-order chi connectivity index (χ1) is 14.9. The standard InChI is InChI=1S/C21H25ClN4O4S/c1-2-5-17(21(31)23-19-8-9-25(24-19)11-14(28)13-27)26-12-15(10-20(26)29)30-18-7-4-3-6-16(18)22/h3-4,6-10,14,17,27-28H,2,5,11-13H2,1H3,(H,23,24,31)/t14-,17+/m1/s1. The summed E-state index contributed by atoms with van der Waals surface area (Å²) < 4.78 is 7.34. The van der Waals surface area contributed by atoms with Gasteiger partial charge in [-0.15, -0.1) is 0 Å². The highest BCUT2D eigenvalue weighted by Crippen LogP contribution is 2.28. The number of ether oxygens (including phenoxy) is 1. The molecule has 0 saturated carbocycles. The van der Waals surface area contributed by atoms with Gasteiger partial charge in [-0.05, 0) is 18.6 Å². The number of amides is 1. The lowest BCUT2D eigenvalue weighted by molar-refractivity contribution is -0.125. The first-order valence-corrected chi connectivity index (χ1v) is 10.8. The molecule has 0 spiro atoms. The van der Waals surface area contributed by atoms with Gasteiger partial charge in [0.1, 0.15) is 16.5 Å².